The van der Waals surface area contributed by atoms with Crippen LogP contribution in [0.2, 0.25) is 0 Å². The molecule has 18 heavy (non-hydrogen) atoms. The quantitative estimate of drug-likeness (QED) is 0.899. The molecule has 0 unspecified atom stereocenters. The Balaban J connectivity index is 2.16. The van der Waals surface area contributed by atoms with Crippen LogP contribution in [0.15, 0.2) is 29.0 Å². The predicted octanol–water partition coefficient (Wildman–Crippen LogP) is 3.50. The van der Waals surface area contributed by atoms with Crippen LogP contribution in [0.1, 0.15) is 26.3 Å². The molecule has 0 atom stereocenters. The highest BCUT2D eigenvalue weighted by Crippen LogP contribution is 2.24. The van der Waals surface area contributed by atoms with Crippen LogP contribution >= 0.6 is 0 Å². The zero-order chi connectivity index (χ0) is 13.2. The zero-order valence-electron chi connectivity index (χ0n) is 11.3. The average Bonchev–Trinajstić information content (AvgIpc) is 2.79. The Labute approximate surface area is 107 Å². The van der Waals surface area contributed by atoms with Gasteiger partial charge in [-0.3, -0.25) is 0 Å². The number of aromatic nitrogens is 2. The maximum absolute atomic E-state index is 5.19. The molecule has 0 amide bonds. The van der Waals surface area contributed by atoms with Crippen LogP contribution < -0.4 is 5.32 Å². The molecular formula is C14H19N3O. The highest BCUT2D eigenvalue weighted by Gasteiger charge is 2.11. The standard InChI is InChI=1S/C14H19N3O/c1-10-7-11(13-17-16-9-18-13)5-6-12(10)15-8-14(2,3)4/h5-7,9,15H,8H2,1-4H3. The third-order valence-electron chi connectivity index (χ3n) is 2.64. The van der Waals surface area contributed by atoms with E-state index in [-0.39, 0.29) is 5.41 Å². The van der Waals surface area contributed by atoms with Crippen LogP contribution in [0.25, 0.3) is 11.5 Å². The third-order valence-corrected chi connectivity index (χ3v) is 2.64. The second kappa shape index (κ2) is 4.80. The van der Waals surface area contributed by atoms with E-state index in [2.05, 4.69) is 55.3 Å². The first-order valence-electron chi connectivity index (χ1n) is 6.07. The summed E-state index contributed by atoms with van der Waals surface area (Å²) in [5.41, 5.74) is 3.53. The van der Waals surface area contributed by atoms with Gasteiger partial charge in [0.05, 0.1) is 0 Å². The molecule has 4 nitrogen and oxygen atoms in total. The zero-order valence-corrected chi connectivity index (χ0v) is 11.3. The van der Waals surface area contributed by atoms with Gasteiger partial charge < -0.3 is 9.73 Å². The Bertz CT molecular complexity index is 512. The molecular weight excluding hydrogens is 226 g/mol. The fraction of sp³-hybridized carbons (Fsp3) is 0.429. The summed E-state index contributed by atoms with van der Waals surface area (Å²) in [4.78, 5) is 0. The first-order valence-corrected chi connectivity index (χ1v) is 6.07. The molecule has 1 N–H and O–H groups in total. The van der Waals surface area contributed by atoms with Gasteiger partial charge in [-0.25, -0.2) is 0 Å². The van der Waals surface area contributed by atoms with E-state index in [0.29, 0.717) is 5.89 Å². The normalized spacial score (nSPS) is 11.6. The second-order valence-corrected chi connectivity index (χ2v) is 5.69. The number of nitrogens with zero attached hydrogens (tertiary/aromatic N) is 2. The van der Waals surface area contributed by atoms with E-state index in [1.54, 1.807) is 0 Å². The first kappa shape index (κ1) is 12.6. The van der Waals surface area contributed by atoms with Crippen molar-refractivity contribution < 1.29 is 4.42 Å². The minimum Gasteiger partial charge on any atom is -0.423 e. The smallest absolute Gasteiger partial charge is 0.247 e. The number of benzene rings is 1. The minimum atomic E-state index is 0.262. The Morgan fingerprint density at radius 1 is 1.28 bits per heavy atom. The molecule has 0 aliphatic heterocycles. The lowest BCUT2D eigenvalue weighted by Crippen LogP contribution is -2.19. The van der Waals surface area contributed by atoms with Crippen molar-refractivity contribution in [3.63, 3.8) is 0 Å². The van der Waals surface area contributed by atoms with Gasteiger partial charge in [0, 0.05) is 17.8 Å². The van der Waals surface area contributed by atoms with E-state index in [9.17, 15) is 0 Å². The molecule has 1 heterocycles. The molecule has 0 aliphatic rings. The van der Waals surface area contributed by atoms with Crippen molar-refractivity contribution in [2.75, 3.05) is 11.9 Å². The van der Waals surface area contributed by atoms with Crippen LogP contribution in [0.3, 0.4) is 0 Å². The molecule has 0 radical (unpaired) electrons. The van der Waals surface area contributed by atoms with Gasteiger partial charge in [-0.15, -0.1) is 10.2 Å². The Hall–Kier alpha value is -1.84. The fourth-order valence-electron chi connectivity index (χ4n) is 1.65. The predicted molar refractivity (Wildman–Crippen MR) is 72.4 cm³/mol. The largest absolute Gasteiger partial charge is 0.423 e. The number of anilines is 1. The monoisotopic (exact) mass is 245 g/mol. The molecule has 96 valence electrons. The van der Waals surface area contributed by atoms with E-state index in [0.717, 1.165) is 17.8 Å². The van der Waals surface area contributed by atoms with E-state index >= 15 is 0 Å². The van der Waals surface area contributed by atoms with E-state index in [1.807, 2.05) is 6.07 Å². The number of hydrogen-bond donors (Lipinski definition) is 1. The lowest BCUT2D eigenvalue weighted by Gasteiger charge is -2.20. The highest BCUT2D eigenvalue weighted by atomic mass is 16.4. The SMILES string of the molecule is Cc1cc(-c2nnco2)ccc1NCC(C)(C)C. The van der Waals surface area contributed by atoms with Crippen LogP contribution in [-0.2, 0) is 0 Å². The Morgan fingerprint density at radius 3 is 2.61 bits per heavy atom. The van der Waals surface area contributed by atoms with E-state index < -0.39 is 0 Å². The second-order valence-electron chi connectivity index (χ2n) is 5.69. The lowest BCUT2D eigenvalue weighted by atomic mass is 9.96. The number of hydrogen-bond acceptors (Lipinski definition) is 4. The van der Waals surface area contributed by atoms with Crippen molar-refractivity contribution in [2.24, 2.45) is 5.41 Å². The Morgan fingerprint density at radius 2 is 2.06 bits per heavy atom. The maximum atomic E-state index is 5.19. The van der Waals surface area contributed by atoms with Crippen LogP contribution in [-0.4, -0.2) is 16.7 Å². The van der Waals surface area contributed by atoms with Gasteiger partial charge in [-0.1, -0.05) is 20.8 Å². The molecule has 1 aromatic heterocycles. The van der Waals surface area contributed by atoms with Gasteiger partial charge >= 0.3 is 0 Å². The molecule has 4 heteroatoms. The van der Waals surface area contributed by atoms with Crippen molar-refractivity contribution >= 4 is 5.69 Å². The topological polar surface area (TPSA) is 51.0 Å². The summed E-state index contributed by atoms with van der Waals surface area (Å²) in [6, 6.07) is 6.10. The third kappa shape index (κ3) is 3.09. The minimum absolute atomic E-state index is 0.262. The first-order chi connectivity index (χ1) is 8.46. The van der Waals surface area contributed by atoms with Gasteiger partial charge in [-0.05, 0) is 36.1 Å². The van der Waals surface area contributed by atoms with Crippen LogP contribution in [0, 0.1) is 12.3 Å². The average molecular weight is 245 g/mol. The summed E-state index contributed by atoms with van der Waals surface area (Å²) in [5.74, 6) is 0.556. The van der Waals surface area contributed by atoms with Crippen LogP contribution in [0.4, 0.5) is 5.69 Å². The summed E-state index contributed by atoms with van der Waals surface area (Å²) in [7, 11) is 0. The van der Waals surface area contributed by atoms with Crippen LogP contribution in [0.5, 0.6) is 0 Å². The van der Waals surface area contributed by atoms with Crippen molar-refractivity contribution in [3.05, 3.63) is 30.2 Å². The van der Waals surface area contributed by atoms with Gasteiger partial charge in [0.2, 0.25) is 12.3 Å². The maximum Gasteiger partial charge on any atom is 0.247 e. The summed E-state index contributed by atoms with van der Waals surface area (Å²) >= 11 is 0. The lowest BCUT2D eigenvalue weighted by molar-refractivity contribution is 0.443. The molecule has 0 saturated heterocycles. The van der Waals surface area contributed by atoms with Gasteiger partial charge in [0.25, 0.3) is 0 Å². The number of nitrogens with one attached hydrogen (secondary N) is 1. The molecule has 1 aromatic carbocycles. The summed E-state index contributed by atoms with van der Waals surface area (Å²) in [5, 5.41) is 11.1. The molecule has 2 aromatic rings. The van der Waals surface area contributed by atoms with Crippen molar-refractivity contribution in [2.45, 2.75) is 27.7 Å². The summed E-state index contributed by atoms with van der Waals surface area (Å²) in [6.45, 7) is 9.64. The van der Waals surface area contributed by atoms with E-state index in [1.165, 1.54) is 12.0 Å². The van der Waals surface area contributed by atoms with Gasteiger partial charge in [0.1, 0.15) is 0 Å². The molecule has 0 bridgehead atoms. The molecule has 0 fully saturated rings. The molecule has 2 rings (SSSR count). The van der Waals surface area contributed by atoms with Crippen molar-refractivity contribution in [3.8, 4) is 11.5 Å². The molecule has 0 aliphatic carbocycles. The van der Waals surface area contributed by atoms with Crippen molar-refractivity contribution in [1.82, 2.24) is 10.2 Å². The summed E-state index contributed by atoms with van der Waals surface area (Å²) in [6.07, 6.45) is 1.34. The Kier molecular flexibility index (Phi) is 3.36. The molecule has 0 saturated carbocycles. The number of rotatable bonds is 3. The van der Waals surface area contributed by atoms with Gasteiger partial charge in [0.15, 0.2) is 0 Å². The van der Waals surface area contributed by atoms with E-state index in [4.69, 9.17) is 4.42 Å². The molecule has 0 spiro atoms. The van der Waals surface area contributed by atoms with Gasteiger partial charge in [-0.2, -0.15) is 0 Å². The fourth-order valence-corrected chi connectivity index (χ4v) is 1.65. The summed E-state index contributed by atoms with van der Waals surface area (Å²) < 4.78 is 5.19. The number of aryl methyl sites for hydroxylation is 1. The highest BCUT2D eigenvalue weighted by molar-refractivity contribution is 5.62. The van der Waals surface area contributed by atoms with Crippen molar-refractivity contribution in [1.29, 1.82) is 0 Å².